The number of nitrogens with zero attached hydrogens (tertiary/aromatic N) is 3. The van der Waals surface area contributed by atoms with Crippen molar-refractivity contribution in [3.63, 3.8) is 0 Å². The van der Waals surface area contributed by atoms with Gasteiger partial charge in [-0.2, -0.15) is 0 Å². The minimum absolute atomic E-state index is 0.383. The van der Waals surface area contributed by atoms with E-state index in [9.17, 15) is 0 Å². The summed E-state index contributed by atoms with van der Waals surface area (Å²) in [6.45, 7) is 3.14. The van der Waals surface area contributed by atoms with E-state index in [0.29, 0.717) is 6.04 Å². The summed E-state index contributed by atoms with van der Waals surface area (Å²) in [6, 6.07) is 10.9. The smallest absolute Gasteiger partial charge is 0.0816 e. The summed E-state index contributed by atoms with van der Waals surface area (Å²) in [5.74, 6) is 0. The van der Waals surface area contributed by atoms with Crippen molar-refractivity contribution in [1.82, 2.24) is 14.9 Å². The molecule has 0 spiro atoms. The standard InChI is InChI=1S/C18H20N4S/c19-14-5-8-22(9-6-14)12-13-3-4-15(21-11-13)18-10-16-17(23-18)2-1-7-20-16/h1-4,7,10-11,14H,5-6,8-9,12,19H2. The molecule has 0 saturated carbocycles. The van der Waals surface area contributed by atoms with Crippen LogP contribution in [-0.4, -0.2) is 34.0 Å². The van der Waals surface area contributed by atoms with Gasteiger partial charge >= 0.3 is 0 Å². The van der Waals surface area contributed by atoms with E-state index >= 15 is 0 Å². The first-order chi connectivity index (χ1) is 11.3. The van der Waals surface area contributed by atoms with Crippen molar-refractivity contribution >= 4 is 21.6 Å². The Morgan fingerprint density at radius 2 is 2.04 bits per heavy atom. The topological polar surface area (TPSA) is 55.0 Å². The van der Waals surface area contributed by atoms with Gasteiger partial charge in [-0.25, -0.2) is 0 Å². The zero-order valence-electron chi connectivity index (χ0n) is 13.0. The molecular weight excluding hydrogens is 304 g/mol. The Bertz CT molecular complexity index is 755. The van der Waals surface area contributed by atoms with Crippen molar-refractivity contribution in [3.05, 3.63) is 48.3 Å². The van der Waals surface area contributed by atoms with Crippen LogP contribution >= 0.6 is 11.3 Å². The molecule has 1 aliphatic heterocycles. The predicted molar refractivity (Wildman–Crippen MR) is 95.3 cm³/mol. The van der Waals surface area contributed by atoms with Gasteiger partial charge in [0.25, 0.3) is 0 Å². The van der Waals surface area contributed by atoms with Gasteiger partial charge in [0, 0.05) is 25.0 Å². The van der Waals surface area contributed by atoms with Gasteiger partial charge in [0.15, 0.2) is 0 Å². The van der Waals surface area contributed by atoms with E-state index in [-0.39, 0.29) is 0 Å². The normalized spacial score (nSPS) is 16.9. The second-order valence-electron chi connectivity index (χ2n) is 6.16. The molecule has 1 saturated heterocycles. The molecule has 0 radical (unpaired) electrons. The SMILES string of the molecule is NC1CCN(Cc2ccc(-c3cc4ncccc4s3)nc2)CC1. The molecule has 3 aromatic heterocycles. The number of hydrogen-bond acceptors (Lipinski definition) is 5. The lowest BCUT2D eigenvalue weighted by Crippen LogP contribution is -2.39. The monoisotopic (exact) mass is 324 g/mol. The van der Waals surface area contributed by atoms with Gasteiger partial charge in [-0.15, -0.1) is 11.3 Å². The molecule has 23 heavy (non-hydrogen) atoms. The van der Waals surface area contributed by atoms with Crippen molar-refractivity contribution in [2.24, 2.45) is 5.73 Å². The summed E-state index contributed by atoms with van der Waals surface area (Å²) >= 11 is 1.74. The molecule has 4 heterocycles. The number of nitrogens with two attached hydrogens (primary N) is 1. The Labute approximate surface area is 140 Å². The largest absolute Gasteiger partial charge is 0.328 e. The average molecular weight is 324 g/mol. The third-order valence-corrected chi connectivity index (χ3v) is 5.52. The van der Waals surface area contributed by atoms with E-state index in [0.717, 1.165) is 43.7 Å². The van der Waals surface area contributed by atoms with Crippen LogP contribution in [0.25, 0.3) is 20.8 Å². The minimum Gasteiger partial charge on any atom is -0.328 e. The van der Waals surface area contributed by atoms with Crippen LogP contribution in [0.5, 0.6) is 0 Å². The molecule has 1 aliphatic rings. The Hall–Kier alpha value is -1.82. The quantitative estimate of drug-likeness (QED) is 0.803. The lowest BCUT2D eigenvalue weighted by molar-refractivity contribution is 0.205. The summed E-state index contributed by atoms with van der Waals surface area (Å²) in [6.07, 6.45) is 6.03. The van der Waals surface area contributed by atoms with Crippen LogP contribution < -0.4 is 5.73 Å². The maximum Gasteiger partial charge on any atom is 0.0816 e. The van der Waals surface area contributed by atoms with E-state index in [1.165, 1.54) is 15.1 Å². The molecule has 2 N–H and O–H groups in total. The van der Waals surface area contributed by atoms with Crippen LogP contribution in [-0.2, 0) is 6.54 Å². The second kappa shape index (κ2) is 6.35. The molecule has 0 amide bonds. The number of piperidine rings is 1. The third kappa shape index (κ3) is 3.27. The molecule has 4 nitrogen and oxygen atoms in total. The molecule has 4 rings (SSSR count). The summed E-state index contributed by atoms with van der Waals surface area (Å²) in [5, 5.41) is 0. The van der Waals surface area contributed by atoms with E-state index < -0.39 is 0 Å². The molecule has 118 valence electrons. The molecule has 0 aliphatic carbocycles. The van der Waals surface area contributed by atoms with Gasteiger partial charge in [-0.3, -0.25) is 14.9 Å². The van der Waals surface area contributed by atoms with E-state index in [1.807, 2.05) is 18.5 Å². The molecule has 0 atom stereocenters. The lowest BCUT2D eigenvalue weighted by atomic mass is 10.1. The minimum atomic E-state index is 0.383. The average Bonchev–Trinajstić information content (AvgIpc) is 3.02. The highest BCUT2D eigenvalue weighted by molar-refractivity contribution is 7.22. The van der Waals surface area contributed by atoms with Crippen LogP contribution in [0.4, 0.5) is 0 Å². The lowest BCUT2D eigenvalue weighted by Gasteiger charge is -2.29. The van der Waals surface area contributed by atoms with Gasteiger partial charge in [0.2, 0.25) is 0 Å². The Kier molecular flexibility index (Phi) is 4.08. The predicted octanol–water partition coefficient (Wildman–Crippen LogP) is 3.28. The van der Waals surface area contributed by atoms with Gasteiger partial charge in [0.05, 0.1) is 20.8 Å². The number of pyridine rings is 2. The highest BCUT2D eigenvalue weighted by Gasteiger charge is 2.16. The van der Waals surface area contributed by atoms with Gasteiger partial charge in [-0.1, -0.05) is 6.07 Å². The highest BCUT2D eigenvalue weighted by atomic mass is 32.1. The van der Waals surface area contributed by atoms with Gasteiger partial charge < -0.3 is 5.73 Å². The van der Waals surface area contributed by atoms with E-state index in [2.05, 4.69) is 39.1 Å². The van der Waals surface area contributed by atoms with Crippen molar-refractivity contribution in [1.29, 1.82) is 0 Å². The van der Waals surface area contributed by atoms with Crippen LogP contribution in [0.1, 0.15) is 18.4 Å². The second-order valence-corrected chi connectivity index (χ2v) is 7.25. The van der Waals surface area contributed by atoms with Crippen molar-refractivity contribution in [2.45, 2.75) is 25.4 Å². The summed E-state index contributed by atoms with van der Waals surface area (Å²) in [5.41, 5.74) is 9.30. The van der Waals surface area contributed by atoms with Crippen molar-refractivity contribution in [3.8, 4) is 10.6 Å². The summed E-state index contributed by atoms with van der Waals surface area (Å²) in [7, 11) is 0. The number of aromatic nitrogens is 2. The first-order valence-electron chi connectivity index (χ1n) is 8.06. The van der Waals surface area contributed by atoms with Crippen LogP contribution in [0.2, 0.25) is 0 Å². The first kappa shape index (κ1) is 14.8. The molecule has 0 bridgehead atoms. The Balaban J connectivity index is 1.49. The van der Waals surface area contributed by atoms with Crippen LogP contribution in [0, 0.1) is 0 Å². The van der Waals surface area contributed by atoms with Crippen LogP contribution in [0.15, 0.2) is 42.7 Å². The molecule has 1 fully saturated rings. The molecule has 0 aromatic carbocycles. The van der Waals surface area contributed by atoms with Crippen molar-refractivity contribution in [2.75, 3.05) is 13.1 Å². The number of thiophene rings is 1. The van der Waals surface area contributed by atoms with Gasteiger partial charge in [0.1, 0.15) is 0 Å². The first-order valence-corrected chi connectivity index (χ1v) is 8.87. The van der Waals surface area contributed by atoms with Gasteiger partial charge in [-0.05, 0) is 55.8 Å². The third-order valence-electron chi connectivity index (χ3n) is 4.40. The summed E-state index contributed by atoms with van der Waals surface area (Å²) < 4.78 is 1.21. The highest BCUT2D eigenvalue weighted by Crippen LogP contribution is 2.31. The van der Waals surface area contributed by atoms with Crippen molar-refractivity contribution < 1.29 is 0 Å². The van der Waals surface area contributed by atoms with E-state index in [1.54, 1.807) is 11.3 Å². The Morgan fingerprint density at radius 3 is 2.78 bits per heavy atom. The fraction of sp³-hybridized carbons (Fsp3) is 0.333. The molecule has 3 aromatic rings. The Morgan fingerprint density at radius 1 is 1.17 bits per heavy atom. The maximum absolute atomic E-state index is 5.96. The molecule has 5 heteroatoms. The number of hydrogen-bond donors (Lipinski definition) is 1. The van der Waals surface area contributed by atoms with Crippen LogP contribution in [0.3, 0.4) is 0 Å². The fourth-order valence-electron chi connectivity index (χ4n) is 3.03. The van der Waals surface area contributed by atoms with E-state index in [4.69, 9.17) is 5.73 Å². The fourth-order valence-corrected chi connectivity index (χ4v) is 4.02. The zero-order chi connectivity index (χ0) is 15.6. The number of rotatable bonds is 3. The summed E-state index contributed by atoms with van der Waals surface area (Å²) in [4.78, 5) is 12.7. The molecule has 0 unspecified atom stereocenters. The molecular formula is C18H20N4S. The number of likely N-dealkylation sites (tertiary alicyclic amines) is 1. The maximum atomic E-state index is 5.96. The zero-order valence-corrected chi connectivity index (χ0v) is 13.8. The number of fused-ring (bicyclic) bond motifs is 1.